The summed E-state index contributed by atoms with van der Waals surface area (Å²) in [5, 5.41) is 13.9. The maximum Gasteiger partial charge on any atom is 0.341 e. The van der Waals surface area contributed by atoms with E-state index in [0.29, 0.717) is 33.9 Å². The Balaban J connectivity index is 1.47. The van der Waals surface area contributed by atoms with Crippen molar-refractivity contribution in [3.8, 4) is 11.3 Å². The molecule has 1 saturated carbocycles. The number of furan rings is 1. The third kappa shape index (κ3) is 5.45. The molecule has 4 rings (SSSR count). The fraction of sp³-hybridized carbons (Fsp3) is 0.381. The van der Waals surface area contributed by atoms with Gasteiger partial charge in [0.2, 0.25) is 11.8 Å². The molecule has 0 aromatic carbocycles. The van der Waals surface area contributed by atoms with E-state index < -0.39 is 11.9 Å². The summed E-state index contributed by atoms with van der Waals surface area (Å²) in [6.45, 7) is 2.30. The standard InChI is InChI=1S/C21H23N5O5S2/c1-2-30-20(29)17-13(14-4-3-9-31-14)10-32-19(17)23-16(28)11-33-21-25-24-18(12-5-6-12)26(21)8-7-15(22)27/h3-4,9-10,12H,2,5-8,11H2,1H3,(H2,22,27)(H,23,28). The molecule has 3 aromatic rings. The molecule has 3 heterocycles. The first kappa shape index (κ1) is 23.1. The van der Waals surface area contributed by atoms with Gasteiger partial charge in [-0.25, -0.2) is 4.79 Å². The van der Waals surface area contributed by atoms with Crippen molar-refractivity contribution >= 4 is 45.9 Å². The Morgan fingerprint density at radius 3 is 2.85 bits per heavy atom. The van der Waals surface area contributed by atoms with E-state index in [1.54, 1.807) is 24.4 Å². The van der Waals surface area contributed by atoms with Crippen LogP contribution >= 0.6 is 23.1 Å². The van der Waals surface area contributed by atoms with Crippen molar-refractivity contribution in [3.05, 3.63) is 35.2 Å². The first-order valence-electron chi connectivity index (χ1n) is 10.4. The van der Waals surface area contributed by atoms with Gasteiger partial charge in [0.15, 0.2) is 5.16 Å². The minimum Gasteiger partial charge on any atom is -0.464 e. The number of thioether (sulfide) groups is 1. The summed E-state index contributed by atoms with van der Waals surface area (Å²) in [4.78, 5) is 36.5. The molecule has 0 saturated heterocycles. The molecule has 0 unspecified atom stereocenters. The predicted molar refractivity (Wildman–Crippen MR) is 123 cm³/mol. The number of esters is 1. The summed E-state index contributed by atoms with van der Waals surface area (Å²) >= 11 is 2.44. The monoisotopic (exact) mass is 489 g/mol. The lowest BCUT2D eigenvalue weighted by atomic mass is 10.1. The van der Waals surface area contributed by atoms with Crippen LogP contribution in [-0.2, 0) is 20.9 Å². The van der Waals surface area contributed by atoms with Gasteiger partial charge in [0.25, 0.3) is 0 Å². The highest BCUT2D eigenvalue weighted by Gasteiger charge is 2.31. The van der Waals surface area contributed by atoms with Gasteiger partial charge in [-0.05, 0) is 31.9 Å². The highest BCUT2D eigenvalue weighted by atomic mass is 32.2. The van der Waals surface area contributed by atoms with Crippen LogP contribution < -0.4 is 11.1 Å². The Labute approximate surface area is 197 Å². The normalized spacial score (nSPS) is 13.1. The number of aromatic nitrogens is 3. The van der Waals surface area contributed by atoms with Crippen LogP contribution in [0, 0.1) is 0 Å². The third-order valence-electron chi connectivity index (χ3n) is 4.91. The number of hydrogen-bond donors (Lipinski definition) is 2. The topological polar surface area (TPSA) is 142 Å². The molecule has 1 aliphatic rings. The molecule has 0 bridgehead atoms. The Morgan fingerprint density at radius 1 is 1.36 bits per heavy atom. The number of anilines is 1. The molecule has 1 aliphatic carbocycles. The predicted octanol–water partition coefficient (Wildman–Crippen LogP) is 3.26. The molecule has 174 valence electrons. The quantitative estimate of drug-likeness (QED) is 0.309. The van der Waals surface area contributed by atoms with Gasteiger partial charge < -0.3 is 24.8 Å². The fourth-order valence-electron chi connectivity index (χ4n) is 3.24. The van der Waals surface area contributed by atoms with Gasteiger partial charge in [-0.15, -0.1) is 21.5 Å². The zero-order valence-electron chi connectivity index (χ0n) is 17.9. The molecular weight excluding hydrogens is 466 g/mol. The van der Waals surface area contributed by atoms with Crippen LogP contribution in [0.5, 0.6) is 0 Å². The SMILES string of the molecule is CCOC(=O)c1c(-c2ccco2)csc1NC(=O)CSc1nnc(C2CC2)n1CCC(N)=O. The molecule has 0 atom stereocenters. The van der Waals surface area contributed by atoms with E-state index in [1.807, 2.05) is 4.57 Å². The van der Waals surface area contributed by atoms with Gasteiger partial charge in [0.05, 0.1) is 18.6 Å². The number of nitrogens with zero attached hydrogens (tertiary/aromatic N) is 3. The molecule has 12 heteroatoms. The number of nitrogens with two attached hydrogens (primary N) is 1. The van der Waals surface area contributed by atoms with Crippen LogP contribution in [0.3, 0.4) is 0 Å². The third-order valence-corrected chi connectivity index (χ3v) is 6.77. The average Bonchev–Trinajstić information content (AvgIpc) is 3.16. The van der Waals surface area contributed by atoms with E-state index in [4.69, 9.17) is 14.9 Å². The highest BCUT2D eigenvalue weighted by molar-refractivity contribution is 7.99. The second-order valence-corrected chi connectivity index (χ2v) is 9.19. The van der Waals surface area contributed by atoms with Gasteiger partial charge in [0, 0.05) is 29.8 Å². The molecule has 3 aromatic heterocycles. The van der Waals surface area contributed by atoms with Gasteiger partial charge in [-0.2, -0.15) is 0 Å². The van der Waals surface area contributed by atoms with Crippen molar-refractivity contribution in [3.63, 3.8) is 0 Å². The van der Waals surface area contributed by atoms with Crippen molar-refractivity contribution in [1.82, 2.24) is 14.8 Å². The molecule has 0 spiro atoms. The van der Waals surface area contributed by atoms with Crippen LogP contribution in [0.2, 0.25) is 0 Å². The van der Waals surface area contributed by atoms with E-state index in [9.17, 15) is 14.4 Å². The summed E-state index contributed by atoms with van der Waals surface area (Å²) < 4.78 is 12.5. The van der Waals surface area contributed by atoms with Gasteiger partial charge in [-0.1, -0.05) is 11.8 Å². The molecule has 0 aliphatic heterocycles. The largest absolute Gasteiger partial charge is 0.464 e. The Kier molecular flexibility index (Phi) is 7.14. The molecule has 10 nitrogen and oxygen atoms in total. The number of thiophene rings is 1. The Morgan fingerprint density at radius 2 is 2.18 bits per heavy atom. The highest BCUT2D eigenvalue weighted by Crippen LogP contribution is 2.40. The van der Waals surface area contributed by atoms with Gasteiger partial charge in [-0.3, -0.25) is 9.59 Å². The van der Waals surface area contributed by atoms with E-state index in [1.165, 1.54) is 29.4 Å². The van der Waals surface area contributed by atoms with Crippen molar-refractivity contribution in [1.29, 1.82) is 0 Å². The second-order valence-electron chi connectivity index (χ2n) is 7.37. The van der Waals surface area contributed by atoms with Gasteiger partial charge in [0.1, 0.15) is 22.1 Å². The minimum atomic E-state index is -0.534. The van der Waals surface area contributed by atoms with E-state index >= 15 is 0 Å². The molecule has 2 amide bonds. The number of nitrogens with one attached hydrogen (secondary N) is 1. The maximum atomic E-state index is 12.7. The Bertz CT molecular complexity index is 1150. The van der Waals surface area contributed by atoms with Crippen molar-refractivity contribution in [2.45, 2.75) is 43.8 Å². The number of carbonyl (C=O) groups is 3. The smallest absolute Gasteiger partial charge is 0.341 e. The molecule has 1 fully saturated rings. The molecule has 3 N–H and O–H groups in total. The van der Waals surface area contributed by atoms with Crippen LogP contribution in [-0.4, -0.2) is 44.9 Å². The van der Waals surface area contributed by atoms with Crippen LogP contribution in [0.1, 0.15) is 48.3 Å². The van der Waals surface area contributed by atoms with Crippen LogP contribution in [0.4, 0.5) is 5.00 Å². The van der Waals surface area contributed by atoms with E-state index in [-0.39, 0.29) is 30.3 Å². The summed E-state index contributed by atoms with van der Waals surface area (Å²) in [5.74, 6) is 0.478. The number of carbonyl (C=O) groups excluding carboxylic acids is 3. The van der Waals surface area contributed by atoms with Crippen molar-refractivity contribution < 1.29 is 23.5 Å². The molecule has 0 radical (unpaired) electrons. The zero-order chi connectivity index (χ0) is 23.4. The first-order valence-corrected chi connectivity index (χ1v) is 12.3. The molecular formula is C21H23N5O5S2. The summed E-state index contributed by atoms with van der Waals surface area (Å²) in [5.41, 5.74) is 6.12. The number of rotatable bonds is 11. The number of hydrogen-bond acceptors (Lipinski definition) is 9. The minimum absolute atomic E-state index is 0.0512. The number of amides is 2. The fourth-order valence-corrected chi connectivity index (χ4v) is 4.97. The number of primary amides is 1. The lowest BCUT2D eigenvalue weighted by Gasteiger charge is -2.09. The maximum absolute atomic E-state index is 12.7. The van der Waals surface area contributed by atoms with E-state index in [2.05, 4.69) is 15.5 Å². The summed E-state index contributed by atoms with van der Waals surface area (Å²) in [6.07, 6.45) is 3.76. The van der Waals surface area contributed by atoms with Crippen LogP contribution in [0.15, 0.2) is 33.3 Å². The zero-order valence-corrected chi connectivity index (χ0v) is 19.5. The molecule has 33 heavy (non-hydrogen) atoms. The average molecular weight is 490 g/mol. The second kappa shape index (κ2) is 10.2. The lowest BCUT2D eigenvalue weighted by Crippen LogP contribution is -2.18. The van der Waals surface area contributed by atoms with Crippen molar-refractivity contribution in [2.24, 2.45) is 5.73 Å². The van der Waals surface area contributed by atoms with Crippen molar-refractivity contribution in [2.75, 3.05) is 17.7 Å². The number of ether oxygens (including phenoxy) is 1. The van der Waals surface area contributed by atoms with E-state index in [0.717, 1.165) is 18.7 Å². The van der Waals surface area contributed by atoms with Crippen LogP contribution in [0.25, 0.3) is 11.3 Å². The van der Waals surface area contributed by atoms with Gasteiger partial charge >= 0.3 is 5.97 Å². The summed E-state index contributed by atoms with van der Waals surface area (Å²) in [6, 6.07) is 3.46. The first-order chi connectivity index (χ1) is 16.0. The summed E-state index contributed by atoms with van der Waals surface area (Å²) in [7, 11) is 0. The Hall–Kier alpha value is -3.12. The lowest BCUT2D eigenvalue weighted by molar-refractivity contribution is -0.118.